The molecule has 0 aromatic carbocycles. The summed E-state index contributed by atoms with van der Waals surface area (Å²) in [6.45, 7) is 6.11. The van der Waals surface area contributed by atoms with Crippen molar-refractivity contribution in [3.63, 3.8) is 0 Å². The van der Waals surface area contributed by atoms with E-state index >= 15 is 0 Å². The lowest BCUT2D eigenvalue weighted by Gasteiger charge is -2.28. The van der Waals surface area contributed by atoms with Gasteiger partial charge in [-0.05, 0) is 19.8 Å². The van der Waals surface area contributed by atoms with Gasteiger partial charge in [-0.3, -0.25) is 38.7 Å². The summed E-state index contributed by atoms with van der Waals surface area (Å²) in [6.07, 6.45) is -0.0442. The maximum Gasteiger partial charge on any atom is 0.320 e. The average molecular weight is 476 g/mol. The fraction of sp³-hybridized carbons (Fsp3) is 0.762. The van der Waals surface area contributed by atoms with Gasteiger partial charge in [-0.1, -0.05) is 13.8 Å². The number of carboxylic acids is 3. The van der Waals surface area contributed by atoms with Crippen LogP contribution in [0.15, 0.2) is 0 Å². The highest BCUT2D eigenvalue weighted by Gasteiger charge is 2.20. The Morgan fingerprint density at radius 3 is 1.42 bits per heavy atom. The molecular formula is C21H37N3O9. The number of carbonyl (C=O) groups excluding carboxylic acids is 2. The molecular weight excluding hydrogens is 438 g/mol. The molecule has 0 aliphatic rings. The minimum absolute atomic E-state index is 0.0580. The third kappa shape index (κ3) is 17.6. The van der Waals surface area contributed by atoms with E-state index in [1.165, 1.54) is 14.7 Å². The Morgan fingerprint density at radius 1 is 0.636 bits per heavy atom. The van der Waals surface area contributed by atoms with Crippen LogP contribution < -0.4 is 0 Å². The summed E-state index contributed by atoms with van der Waals surface area (Å²) in [5.41, 5.74) is 0. The first-order valence-corrected chi connectivity index (χ1v) is 10.8. The first-order chi connectivity index (χ1) is 15.3. The number of nitrogens with zero attached hydrogens (tertiary/aromatic N) is 3. The second-order valence-electron chi connectivity index (χ2n) is 8.55. The third-order valence-electron chi connectivity index (χ3n) is 4.30. The standard InChI is InChI=1S/C21H37N3O9/c1-15(2)9-17(25)10-23(12-19(28)29)7-5-22(11-18(26)27)6-8-24(13-20(30)31)14-21(32)33-16(3)4/h15-16H,5-14H2,1-4H3,(H,26,27)(H,28,29)(H,30,31). The lowest BCUT2D eigenvalue weighted by Crippen LogP contribution is -2.45. The molecule has 33 heavy (non-hydrogen) atoms. The van der Waals surface area contributed by atoms with Crippen molar-refractivity contribution < 1.29 is 44.0 Å². The molecule has 0 aromatic rings. The molecule has 12 nitrogen and oxygen atoms in total. The number of esters is 1. The molecule has 12 heteroatoms. The fourth-order valence-electron chi connectivity index (χ4n) is 3.09. The van der Waals surface area contributed by atoms with E-state index in [9.17, 15) is 29.1 Å². The van der Waals surface area contributed by atoms with Crippen LogP contribution in [0.25, 0.3) is 0 Å². The van der Waals surface area contributed by atoms with Gasteiger partial charge in [0.2, 0.25) is 0 Å². The van der Waals surface area contributed by atoms with Crippen molar-refractivity contribution in [1.29, 1.82) is 0 Å². The molecule has 3 N–H and O–H groups in total. The number of carboxylic acid groups (broad SMARTS) is 3. The minimum atomic E-state index is -1.14. The normalized spacial score (nSPS) is 11.5. The smallest absolute Gasteiger partial charge is 0.320 e. The van der Waals surface area contributed by atoms with Gasteiger partial charge in [0, 0.05) is 32.6 Å². The van der Waals surface area contributed by atoms with Gasteiger partial charge in [0.25, 0.3) is 0 Å². The van der Waals surface area contributed by atoms with E-state index in [1.54, 1.807) is 13.8 Å². The number of hydrogen-bond donors (Lipinski definition) is 3. The molecule has 0 aliphatic heterocycles. The monoisotopic (exact) mass is 475 g/mol. The van der Waals surface area contributed by atoms with Crippen LogP contribution >= 0.6 is 0 Å². The van der Waals surface area contributed by atoms with Crippen LogP contribution in [0.5, 0.6) is 0 Å². The summed E-state index contributed by atoms with van der Waals surface area (Å²) in [4.78, 5) is 61.9. The van der Waals surface area contributed by atoms with Crippen molar-refractivity contribution in [1.82, 2.24) is 14.7 Å². The van der Waals surface area contributed by atoms with Crippen LogP contribution in [-0.4, -0.2) is 125 Å². The van der Waals surface area contributed by atoms with Crippen LogP contribution in [0.3, 0.4) is 0 Å². The molecule has 190 valence electrons. The predicted molar refractivity (Wildman–Crippen MR) is 118 cm³/mol. The summed E-state index contributed by atoms with van der Waals surface area (Å²) >= 11 is 0. The van der Waals surface area contributed by atoms with Crippen molar-refractivity contribution in [3.05, 3.63) is 0 Å². The van der Waals surface area contributed by atoms with Gasteiger partial charge in [-0.15, -0.1) is 0 Å². The first kappa shape index (κ1) is 30.4. The van der Waals surface area contributed by atoms with Gasteiger partial charge in [-0.25, -0.2) is 0 Å². The molecule has 0 amide bonds. The Morgan fingerprint density at radius 2 is 1.03 bits per heavy atom. The fourth-order valence-corrected chi connectivity index (χ4v) is 3.09. The number of carbonyl (C=O) groups is 5. The van der Waals surface area contributed by atoms with E-state index < -0.39 is 30.4 Å². The zero-order valence-corrected chi connectivity index (χ0v) is 19.9. The summed E-state index contributed by atoms with van der Waals surface area (Å²) in [6, 6.07) is 0. The maximum absolute atomic E-state index is 12.1. The molecule has 0 aliphatic carbocycles. The highest BCUT2D eigenvalue weighted by Crippen LogP contribution is 2.03. The Hall–Kier alpha value is -2.57. The molecule has 0 radical (unpaired) electrons. The average Bonchev–Trinajstić information content (AvgIpc) is 2.60. The second-order valence-corrected chi connectivity index (χ2v) is 8.55. The predicted octanol–water partition coefficient (Wildman–Crippen LogP) is -0.287. The van der Waals surface area contributed by atoms with Crippen molar-refractivity contribution in [2.75, 3.05) is 58.9 Å². The number of ketones is 1. The maximum atomic E-state index is 12.1. The van der Waals surface area contributed by atoms with Crippen LogP contribution in [-0.2, 0) is 28.7 Å². The molecule has 0 saturated carbocycles. The Labute approximate surface area is 194 Å². The molecule has 0 heterocycles. The number of ether oxygens (including phenoxy) is 1. The van der Waals surface area contributed by atoms with Crippen molar-refractivity contribution >= 4 is 29.7 Å². The Balaban J connectivity index is 5.09. The van der Waals surface area contributed by atoms with E-state index in [4.69, 9.17) is 14.9 Å². The van der Waals surface area contributed by atoms with E-state index in [0.29, 0.717) is 6.42 Å². The Bertz CT molecular complexity index is 619. The summed E-state index contributed by atoms with van der Waals surface area (Å²) in [5.74, 6) is -3.92. The highest BCUT2D eigenvalue weighted by atomic mass is 16.5. The first-order valence-electron chi connectivity index (χ1n) is 10.8. The van der Waals surface area contributed by atoms with Crippen LogP contribution in [0.2, 0.25) is 0 Å². The van der Waals surface area contributed by atoms with Crippen LogP contribution in [0.4, 0.5) is 0 Å². The van der Waals surface area contributed by atoms with Gasteiger partial charge in [0.1, 0.15) is 5.78 Å². The summed E-state index contributed by atoms with van der Waals surface area (Å²) in [7, 11) is 0. The molecule has 0 fully saturated rings. The second kappa shape index (κ2) is 16.1. The summed E-state index contributed by atoms with van der Waals surface area (Å²) < 4.78 is 5.04. The van der Waals surface area contributed by atoms with Crippen molar-refractivity contribution in [2.24, 2.45) is 5.92 Å². The number of Topliss-reactive ketones (excluding diaryl/α,β-unsaturated/α-hetero) is 1. The summed E-state index contributed by atoms with van der Waals surface area (Å²) in [5, 5.41) is 27.4. The van der Waals surface area contributed by atoms with Gasteiger partial charge < -0.3 is 20.1 Å². The van der Waals surface area contributed by atoms with E-state index in [2.05, 4.69) is 0 Å². The van der Waals surface area contributed by atoms with Gasteiger partial charge >= 0.3 is 23.9 Å². The zero-order valence-electron chi connectivity index (χ0n) is 19.9. The molecule has 0 atom stereocenters. The largest absolute Gasteiger partial charge is 0.480 e. The lowest BCUT2D eigenvalue weighted by atomic mass is 10.1. The number of aliphatic carboxylic acids is 3. The van der Waals surface area contributed by atoms with Crippen molar-refractivity contribution in [2.45, 2.75) is 40.2 Å². The van der Waals surface area contributed by atoms with Gasteiger partial charge in [0.15, 0.2) is 0 Å². The van der Waals surface area contributed by atoms with E-state index in [1.807, 2.05) is 13.8 Å². The Kier molecular flexibility index (Phi) is 14.9. The third-order valence-corrected chi connectivity index (χ3v) is 4.30. The van der Waals surface area contributed by atoms with Crippen LogP contribution in [0.1, 0.15) is 34.1 Å². The topological polar surface area (TPSA) is 165 Å². The molecule has 0 saturated heterocycles. The van der Waals surface area contributed by atoms with Gasteiger partial charge in [0.05, 0.1) is 38.8 Å². The molecule has 0 spiro atoms. The zero-order chi connectivity index (χ0) is 25.6. The van der Waals surface area contributed by atoms with Crippen LogP contribution in [0, 0.1) is 5.92 Å². The molecule has 0 aromatic heterocycles. The van der Waals surface area contributed by atoms with E-state index in [0.717, 1.165) is 0 Å². The van der Waals surface area contributed by atoms with Gasteiger partial charge in [-0.2, -0.15) is 0 Å². The highest BCUT2D eigenvalue weighted by molar-refractivity contribution is 5.81. The number of hydrogen-bond acceptors (Lipinski definition) is 9. The van der Waals surface area contributed by atoms with E-state index in [-0.39, 0.29) is 70.2 Å². The SMILES string of the molecule is CC(C)CC(=O)CN(CCN(CCN(CC(=O)O)CC(=O)OC(C)C)CC(=O)O)CC(=O)O. The minimum Gasteiger partial charge on any atom is -0.480 e. The lowest BCUT2D eigenvalue weighted by molar-refractivity contribution is -0.150. The quantitative estimate of drug-likeness (QED) is 0.209. The molecule has 0 rings (SSSR count). The molecule has 0 unspecified atom stereocenters. The number of rotatable bonds is 19. The van der Waals surface area contributed by atoms with Crippen molar-refractivity contribution in [3.8, 4) is 0 Å². The molecule has 0 bridgehead atoms.